The maximum atomic E-state index is 11.2. The number of thiophene rings is 1. The molecule has 0 unspecified atom stereocenters. The number of carbonyl (C=O) groups is 1. The Morgan fingerprint density at radius 1 is 1.29 bits per heavy atom. The lowest BCUT2D eigenvalue weighted by atomic mass is 9.88. The monoisotopic (exact) mass is 414 g/mol. The third-order valence-electron chi connectivity index (χ3n) is 3.96. The standard InChI is InChI=1S/C18H23BrO4S/c1-18(2,17(20)21)6-5-13-9-12-10-15(23-8-4-7-19)14(22-3)11-16(12)24-13/h9-11H,4-8H2,1-3H3,(H,20,21). The van der Waals surface area contributed by atoms with Crippen LogP contribution in [0.3, 0.4) is 0 Å². The molecule has 1 N–H and O–H groups in total. The summed E-state index contributed by atoms with van der Waals surface area (Å²) in [5.74, 6) is 0.727. The maximum absolute atomic E-state index is 11.2. The zero-order valence-electron chi connectivity index (χ0n) is 14.2. The van der Waals surface area contributed by atoms with Crippen LogP contribution in [0.5, 0.6) is 11.5 Å². The highest BCUT2D eigenvalue weighted by molar-refractivity contribution is 9.09. The molecule has 0 spiro atoms. The lowest BCUT2D eigenvalue weighted by Gasteiger charge is -2.17. The van der Waals surface area contributed by atoms with E-state index in [0.717, 1.165) is 39.8 Å². The largest absolute Gasteiger partial charge is 0.493 e. The van der Waals surface area contributed by atoms with Gasteiger partial charge in [-0.1, -0.05) is 15.9 Å². The lowest BCUT2D eigenvalue weighted by Crippen LogP contribution is -2.23. The van der Waals surface area contributed by atoms with Gasteiger partial charge in [0.2, 0.25) is 0 Å². The smallest absolute Gasteiger partial charge is 0.309 e. The number of fused-ring (bicyclic) bond motifs is 1. The van der Waals surface area contributed by atoms with Crippen molar-refractivity contribution >= 4 is 43.3 Å². The molecule has 2 rings (SSSR count). The van der Waals surface area contributed by atoms with Gasteiger partial charge in [0.25, 0.3) is 0 Å². The van der Waals surface area contributed by atoms with Crippen LogP contribution < -0.4 is 9.47 Å². The van der Waals surface area contributed by atoms with Crippen molar-refractivity contribution in [3.8, 4) is 11.5 Å². The number of aliphatic carboxylic acids is 1. The molecule has 132 valence electrons. The number of ether oxygens (including phenoxy) is 2. The van der Waals surface area contributed by atoms with Gasteiger partial charge in [0, 0.05) is 21.0 Å². The fourth-order valence-corrected chi connectivity index (χ4v) is 3.58. The molecule has 1 aromatic carbocycles. The van der Waals surface area contributed by atoms with Crippen LogP contribution in [0.2, 0.25) is 0 Å². The van der Waals surface area contributed by atoms with Gasteiger partial charge in [0.15, 0.2) is 11.5 Å². The van der Waals surface area contributed by atoms with E-state index in [9.17, 15) is 9.90 Å². The second kappa shape index (κ2) is 8.21. The second-order valence-corrected chi connectivity index (χ2v) is 8.29. The average molecular weight is 415 g/mol. The molecule has 0 atom stereocenters. The molecule has 0 amide bonds. The summed E-state index contributed by atoms with van der Waals surface area (Å²) in [6.07, 6.45) is 2.29. The van der Waals surface area contributed by atoms with E-state index in [-0.39, 0.29) is 0 Å². The number of benzene rings is 1. The Morgan fingerprint density at radius 2 is 2.04 bits per heavy atom. The molecule has 0 bridgehead atoms. The second-order valence-electron chi connectivity index (χ2n) is 6.33. The van der Waals surface area contributed by atoms with E-state index in [1.54, 1.807) is 32.3 Å². The Bertz CT molecular complexity index is 708. The molecule has 0 aliphatic rings. The zero-order valence-corrected chi connectivity index (χ0v) is 16.6. The first-order valence-corrected chi connectivity index (χ1v) is 9.84. The van der Waals surface area contributed by atoms with Crippen LogP contribution in [0.25, 0.3) is 10.1 Å². The summed E-state index contributed by atoms with van der Waals surface area (Å²) in [7, 11) is 1.64. The van der Waals surface area contributed by atoms with E-state index in [1.807, 2.05) is 12.1 Å². The Balaban J connectivity index is 2.19. The molecule has 0 saturated carbocycles. The maximum Gasteiger partial charge on any atom is 0.309 e. The molecular formula is C18H23BrO4S. The summed E-state index contributed by atoms with van der Waals surface area (Å²) < 4.78 is 12.4. The van der Waals surface area contributed by atoms with Gasteiger partial charge in [-0.15, -0.1) is 11.3 Å². The first kappa shape index (κ1) is 19.1. The molecule has 0 saturated heterocycles. The third kappa shape index (κ3) is 4.63. The number of hydrogen-bond donors (Lipinski definition) is 1. The molecule has 1 aromatic heterocycles. The minimum Gasteiger partial charge on any atom is -0.493 e. The molecule has 4 nitrogen and oxygen atoms in total. The summed E-state index contributed by atoms with van der Waals surface area (Å²) in [5.41, 5.74) is -0.711. The van der Waals surface area contributed by atoms with Crippen LogP contribution in [0, 0.1) is 5.41 Å². The van der Waals surface area contributed by atoms with E-state index >= 15 is 0 Å². The number of rotatable bonds is 9. The van der Waals surface area contributed by atoms with Gasteiger partial charge in [-0.05, 0) is 50.6 Å². The number of hydrogen-bond acceptors (Lipinski definition) is 4. The predicted molar refractivity (Wildman–Crippen MR) is 102 cm³/mol. The Morgan fingerprint density at radius 3 is 2.67 bits per heavy atom. The van der Waals surface area contributed by atoms with Crippen molar-refractivity contribution in [2.24, 2.45) is 5.41 Å². The first-order valence-electron chi connectivity index (χ1n) is 7.90. The van der Waals surface area contributed by atoms with Gasteiger partial charge in [-0.3, -0.25) is 4.79 Å². The van der Waals surface area contributed by atoms with E-state index in [0.29, 0.717) is 13.0 Å². The highest BCUT2D eigenvalue weighted by Crippen LogP contribution is 2.37. The minimum absolute atomic E-state index is 0.612. The SMILES string of the molecule is COc1cc2sc(CCC(C)(C)C(=O)O)cc2cc1OCCCBr. The van der Waals surface area contributed by atoms with Crippen molar-refractivity contribution in [3.63, 3.8) is 0 Å². The van der Waals surface area contributed by atoms with Gasteiger partial charge in [0.05, 0.1) is 19.1 Å². The Kier molecular flexibility index (Phi) is 6.52. The van der Waals surface area contributed by atoms with Crippen LogP contribution in [0.4, 0.5) is 0 Å². The molecule has 6 heteroatoms. The molecule has 24 heavy (non-hydrogen) atoms. The van der Waals surface area contributed by atoms with Crippen molar-refractivity contribution in [1.82, 2.24) is 0 Å². The quantitative estimate of drug-likeness (QED) is 0.457. The molecule has 0 aliphatic carbocycles. The Labute approximate surface area is 154 Å². The summed E-state index contributed by atoms with van der Waals surface area (Å²) in [6.45, 7) is 4.17. The zero-order chi connectivity index (χ0) is 17.7. The van der Waals surface area contributed by atoms with Gasteiger partial charge in [-0.25, -0.2) is 0 Å². The number of halogens is 1. The van der Waals surface area contributed by atoms with Crippen LogP contribution >= 0.6 is 27.3 Å². The highest BCUT2D eigenvalue weighted by atomic mass is 79.9. The van der Waals surface area contributed by atoms with E-state index in [4.69, 9.17) is 9.47 Å². The van der Waals surface area contributed by atoms with Gasteiger partial charge in [-0.2, -0.15) is 0 Å². The fraction of sp³-hybridized carbons (Fsp3) is 0.500. The molecule has 0 aliphatic heterocycles. The highest BCUT2D eigenvalue weighted by Gasteiger charge is 2.26. The summed E-state index contributed by atoms with van der Waals surface area (Å²) in [6, 6.07) is 6.12. The van der Waals surface area contributed by atoms with Crippen LogP contribution in [0.1, 0.15) is 31.6 Å². The minimum atomic E-state index is -0.757. The summed E-state index contributed by atoms with van der Waals surface area (Å²) >= 11 is 5.07. The van der Waals surface area contributed by atoms with E-state index in [2.05, 4.69) is 22.0 Å². The fourth-order valence-electron chi connectivity index (χ4n) is 2.28. The lowest BCUT2D eigenvalue weighted by molar-refractivity contribution is -0.147. The van der Waals surface area contributed by atoms with E-state index < -0.39 is 11.4 Å². The van der Waals surface area contributed by atoms with Gasteiger partial charge >= 0.3 is 5.97 Å². The van der Waals surface area contributed by atoms with Crippen molar-refractivity contribution < 1.29 is 19.4 Å². The molecule has 2 aromatic rings. The number of carboxylic acids is 1. The third-order valence-corrected chi connectivity index (χ3v) is 5.68. The van der Waals surface area contributed by atoms with Crippen molar-refractivity contribution in [2.45, 2.75) is 33.1 Å². The summed E-state index contributed by atoms with van der Waals surface area (Å²) in [5, 5.41) is 11.2. The first-order chi connectivity index (χ1) is 11.4. The van der Waals surface area contributed by atoms with Gasteiger partial charge in [0.1, 0.15) is 0 Å². The van der Waals surface area contributed by atoms with Crippen molar-refractivity contribution in [1.29, 1.82) is 0 Å². The normalized spacial score (nSPS) is 11.7. The average Bonchev–Trinajstić information content (AvgIpc) is 2.94. The topological polar surface area (TPSA) is 55.8 Å². The number of alkyl halides is 1. The van der Waals surface area contributed by atoms with Crippen LogP contribution in [0.15, 0.2) is 18.2 Å². The number of aryl methyl sites for hydroxylation is 1. The molecule has 0 radical (unpaired) electrons. The van der Waals surface area contributed by atoms with Crippen molar-refractivity contribution in [3.05, 3.63) is 23.1 Å². The van der Waals surface area contributed by atoms with E-state index in [1.165, 1.54) is 4.88 Å². The van der Waals surface area contributed by atoms with Crippen LogP contribution in [-0.4, -0.2) is 30.1 Å². The number of carboxylic acid groups (broad SMARTS) is 1. The molecular weight excluding hydrogens is 392 g/mol. The predicted octanol–water partition coefficient (Wildman–Crippen LogP) is 5.12. The molecule has 1 heterocycles. The van der Waals surface area contributed by atoms with Crippen molar-refractivity contribution in [2.75, 3.05) is 19.0 Å². The van der Waals surface area contributed by atoms with Gasteiger partial charge < -0.3 is 14.6 Å². The van der Waals surface area contributed by atoms with Crippen LogP contribution in [-0.2, 0) is 11.2 Å². The Hall–Kier alpha value is -1.27. The molecule has 0 fully saturated rings. The number of methoxy groups -OCH3 is 1. The summed E-state index contributed by atoms with van der Waals surface area (Å²) in [4.78, 5) is 12.4.